The quantitative estimate of drug-likeness (QED) is 0.749. The van der Waals surface area contributed by atoms with E-state index >= 15 is 0 Å². The Labute approximate surface area is 132 Å². The molecule has 0 atom stereocenters. The van der Waals surface area contributed by atoms with Crippen LogP contribution in [0.15, 0.2) is 53.1 Å². The van der Waals surface area contributed by atoms with Gasteiger partial charge in [-0.1, -0.05) is 18.2 Å². The molecule has 2 N–H and O–H groups in total. The number of nitrogens with zero attached hydrogens (tertiary/aromatic N) is 4. The summed E-state index contributed by atoms with van der Waals surface area (Å²) in [6, 6.07) is 16.7. The lowest BCUT2D eigenvalue weighted by molar-refractivity contribution is 0.555. The number of hydrogen-bond donors (Lipinski definition) is 1. The van der Waals surface area contributed by atoms with Crippen molar-refractivity contribution in [3.63, 3.8) is 0 Å². The molecule has 0 radical (unpaired) electrons. The third-order valence-electron chi connectivity index (χ3n) is 3.25. The largest absolute Gasteiger partial charge is 0.464 e. The summed E-state index contributed by atoms with van der Waals surface area (Å²) in [5, 5.41) is 23.0. The highest BCUT2D eigenvalue weighted by atomic mass is 16.3. The van der Waals surface area contributed by atoms with Crippen molar-refractivity contribution in [3.8, 4) is 17.8 Å². The van der Waals surface area contributed by atoms with Gasteiger partial charge in [0, 0.05) is 0 Å². The summed E-state index contributed by atoms with van der Waals surface area (Å²) in [5.74, 6) is 0.630. The van der Waals surface area contributed by atoms with E-state index in [0.717, 1.165) is 5.69 Å². The number of allylic oxidation sites excluding steroid dienone is 1. The summed E-state index contributed by atoms with van der Waals surface area (Å²) >= 11 is 0. The van der Waals surface area contributed by atoms with Gasteiger partial charge in [-0.15, -0.1) is 0 Å². The third-order valence-corrected chi connectivity index (χ3v) is 3.25. The summed E-state index contributed by atoms with van der Waals surface area (Å²) < 4.78 is 6.69. The first-order chi connectivity index (χ1) is 11.2. The zero-order valence-corrected chi connectivity index (χ0v) is 12.0. The van der Waals surface area contributed by atoms with Gasteiger partial charge in [0.05, 0.1) is 17.5 Å². The van der Waals surface area contributed by atoms with E-state index in [2.05, 4.69) is 5.10 Å². The highest BCUT2D eigenvalue weighted by molar-refractivity contribution is 5.88. The Balaban J connectivity index is 2.14. The van der Waals surface area contributed by atoms with Gasteiger partial charge in [0.15, 0.2) is 0 Å². The first-order valence-corrected chi connectivity index (χ1v) is 6.74. The molecule has 0 unspecified atom stereocenters. The van der Waals surface area contributed by atoms with Crippen molar-refractivity contribution in [2.45, 2.75) is 0 Å². The smallest absolute Gasteiger partial charge is 0.145 e. The fourth-order valence-corrected chi connectivity index (χ4v) is 2.16. The molecule has 0 aliphatic carbocycles. The molecule has 3 rings (SSSR count). The van der Waals surface area contributed by atoms with E-state index < -0.39 is 0 Å². The topological polar surface area (TPSA) is 105 Å². The summed E-state index contributed by atoms with van der Waals surface area (Å²) in [4.78, 5) is 0. The van der Waals surface area contributed by atoms with Crippen LogP contribution in [0.25, 0.3) is 17.3 Å². The molecule has 0 fully saturated rings. The first kappa shape index (κ1) is 14.2. The minimum Gasteiger partial charge on any atom is -0.464 e. The Morgan fingerprint density at radius 2 is 1.96 bits per heavy atom. The van der Waals surface area contributed by atoms with Gasteiger partial charge >= 0.3 is 0 Å². The van der Waals surface area contributed by atoms with Crippen LogP contribution in [0.2, 0.25) is 0 Å². The number of benzene rings is 1. The van der Waals surface area contributed by atoms with Gasteiger partial charge in [-0.25, -0.2) is 4.68 Å². The van der Waals surface area contributed by atoms with Crippen molar-refractivity contribution in [3.05, 3.63) is 65.7 Å². The maximum atomic E-state index is 9.36. The van der Waals surface area contributed by atoms with E-state index in [9.17, 15) is 10.5 Å². The second-order valence-electron chi connectivity index (χ2n) is 4.65. The molecule has 0 bridgehead atoms. The Bertz CT molecular complexity index is 938. The molecule has 2 aromatic heterocycles. The van der Waals surface area contributed by atoms with Crippen LogP contribution in [0.3, 0.4) is 0 Å². The van der Waals surface area contributed by atoms with Gasteiger partial charge in [0.1, 0.15) is 35.0 Å². The SMILES string of the molecule is N#CC(=Cc1nn(-c2ccccc2)c(N)c1C#N)c1ccco1. The molecule has 0 saturated carbocycles. The number of nitriles is 2. The van der Waals surface area contributed by atoms with Crippen LogP contribution >= 0.6 is 0 Å². The van der Waals surface area contributed by atoms with Crippen molar-refractivity contribution in [2.24, 2.45) is 0 Å². The monoisotopic (exact) mass is 301 g/mol. The first-order valence-electron chi connectivity index (χ1n) is 6.74. The molecule has 6 heteroatoms. The molecule has 0 amide bonds. The Hall–Kier alpha value is -3.77. The predicted octanol–water partition coefficient (Wildman–Crippen LogP) is 2.98. The summed E-state index contributed by atoms with van der Waals surface area (Å²) in [6.45, 7) is 0. The van der Waals surface area contributed by atoms with Crippen molar-refractivity contribution in [2.75, 3.05) is 5.73 Å². The zero-order valence-electron chi connectivity index (χ0n) is 12.0. The summed E-state index contributed by atoms with van der Waals surface area (Å²) in [5.41, 5.74) is 7.56. The molecule has 0 saturated heterocycles. The molecule has 23 heavy (non-hydrogen) atoms. The van der Waals surface area contributed by atoms with E-state index in [-0.39, 0.29) is 17.0 Å². The van der Waals surface area contributed by atoms with Crippen LogP contribution in [0, 0.1) is 22.7 Å². The Morgan fingerprint density at radius 1 is 1.17 bits per heavy atom. The number of aromatic nitrogens is 2. The number of nitrogen functional groups attached to an aromatic ring is 1. The molecule has 3 aromatic rings. The standard InChI is InChI=1S/C17H11N5O/c18-10-12(16-7-4-8-23-16)9-15-14(11-19)17(20)22(21-15)13-5-2-1-3-6-13/h1-9H,20H2. The minimum absolute atomic E-state index is 0.216. The molecule has 110 valence electrons. The van der Waals surface area contributed by atoms with E-state index in [1.54, 1.807) is 12.1 Å². The number of furan rings is 1. The summed E-state index contributed by atoms with van der Waals surface area (Å²) in [7, 11) is 0. The molecule has 2 heterocycles. The zero-order chi connectivity index (χ0) is 16.2. The van der Waals surface area contributed by atoms with Crippen LogP contribution in [-0.4, -0.2) is 9.78 Å². The molecule has 1 aromatic carbocycles. The van der Waals surface area contributed by atoms with Gasteiger partial charge in [-0.2, -0.15) is 15.6 Å². The Morgan fingerprint density at radius 3 is 2.57 bits per heavy atom. The highest BCUT2D eigenvalue weighted by Gasteiger charge is 2.16. The van der Waals surface area contributed by atoms with Gasteiger partial charge in [-0.05, 0) is 30.3 Å². The van der Waals surface area contributed by atoms with Crippen molar-refractivity contribution in [1.82, 2.24) is 9.78 Å². The molecule has 0 spiro atoms. The molecule has 0 aliphatic heterocycles. The fourth-order valence-electron chi connectivity index (χ4n) is 2.16. The predicted molar refractivity (Wildman–Crippen MR) is 84.9 cm³/mol. The van der Waals surface area contributed by atoms with Crippen LogP contribution < -0.4 is 5.73 Å². The number of para-hydroxylation sites is 1. The van der Waals surface area contributed by atoms with Gasteiger partial charge in [0.25, 0.3) is 0 Å². The maximum Gasteiger partial charge on any atom is 0.145 e. The van der Waals surface area contributed by atoms with Crippen molar-refractivity contribution < 1.29 is 4.42 Å². The van der Waals surface area contributed by atoms with E-state index in [4.69, 9.17) is 10.2 Å². The van der Waals surface area contributed by atoms with Crippen LogP contribution in [-0.2, 0) is 0 Å². The van der Waals surface area contributed by atoms with Crippen molar-refractivity contribution >= 4 is 17.5 Å². The summed E-state index contributed by atoms with van der Waals surface area (Å²) in [6.07, 6.45) is 2.97. The normalized spacial score (nSPS) is 11.0. The number of rotatable bonds is 3. The van der Waals surface area contributed by atoms with Crippen molar-refractivity contribution in [1.29, 1.82) is 10.5 Å². The third kappa shape index (κ3) is 2.57. The average Bonchev–Trinajstić information content (AvgIpc) is 3.21. The maximum absolute atomic E-state index is 9.36. The lowest BCUT2D eigenvalue weighted by atomic mass is 10.1. The van der Waals surface area contributed by atoms with E-state index in [1.807, 2.05) is 42.5 Å². The van der Waals surface area contributed by atoms with Crippen LogP contribution in [0.4, 0.5) is 5.82 Å². The molecule has 6 nitrogen and oxygen atoms in total. The van der Waals surface area contributed by atoms with Gasteiger partial charge < -0.3 is 10.2 Å². The second kappa shape index (κ2) is 5.92. The lowest BCUT2D eigenvalue weighted by Gasteiger charge is -2.02. The average molecular weight is 301 g/mol. The lowest BCUT2D eigenvalue weighted by Crippen LogP contribution is -2.01. The second-order valence-corrected chi connectivity index (χ2v) is 4.65. The number of nitrogens with two attached hydrogens (primary N) is 1. The number of hydrogen-bond acceptors (Lipinski definition) is 5. The minimum atomic E-state index is 0.216. The van der Waals surface area contributed by atoms with E-state index in [1.165, 1.54) is 17.0 Å². The van der Waals surface area contributed by atoms with E-state index in [0.29, 0.717) is 11.5 Å². The molecular formula is C17H11N5O. The molecular weight excluding hydrogens is 290 g/mol. The van der Waals surface area contributed by atoms with Gasteiger partial charge in [0.2, 0.25) is 0 Å². The highest BCUT2D eigenvalue weighted by Crippen LogP contribution is 2.24. The molecule has 0 aliphatic rings. The van der Waals surface area contributed by atoms with Crippen LogP contribution in [0.1, 0.15) is 17.0 Å². The number of anilines is 1. The van der Waals surface area contributed by atoms with Crippen LogP contribution in [0.5, 0.6) is 0 Å². The fraction of sp³-hybridized carbons (Fsp3) is 0. The van der Waals surface area contributed by atoms with Gasteiger partial charge in [-0.3, -0.25) is 0 Å². The Kier molecular flexibility index (Phi) is 3.65.